The molecule has 18 heavy (non-hydrogen) atoms. The van der Waals surface area contributed by atoms with Crippen LogP contribution in [-0.4, -0.2) is 45.3 Å². The molecule has 2 aromatic heterocycles. The van der Waals surface area contributed by atoms with Crippen LogP contribution in [0.2, 0.25) is 0 Å². The number of nitrogens with zero attached hydrogens (tertiary/aromatic N) is 2. The fourth-order valence-corrected chi connectivity index (χ4v) is 2.34. The second kappa shape index (κ2) is 5.25. The first-order valence-corrected chi connectivity index (χ1v) is 6.00. The molecular weight excluding hydrogens is 256 g/mol. The Kier molecular flexibility index (Phi) is 3.70. The Morgan fingerprint density at radius 2 is 2.06 bits per heavy atom. The van der Waals surface area contributed by atoms with Crippen molar-refractivity contribution in [2.75, 3.05) is 18.9 Å². The number of nitrogen functional groups attached to an aromatic ring is 1. The number of nitrogens with two attached hydrogens (primary N) is 1. The van der Waals surface area contributed by atoms with Crippen LogP contribution in [0.1, 0.15) is 9.67 Å². The Morgan fingerprint density at radius 1 is 1.39 bits per heavy atom. The van der Waals surface area contributed by atoms with E-state index in [2.05, 4.69) is 15.3 Å². The molecule has 7 nitrogen and oxygen atoms in total. The number of hydrogen-bond acceptors (Lipinski definition) is 7. The molecule has 0 saturated heterocycles. The van der Waals surface area contributed by atoms with E-state index in [4.69, 9.17) is 15.9 Å². The summed E-state index contributed by atoms with van der Waals surface area (Å²) in [5, 5.41) is 20.3. The van der Waals surface area contributed by atoms with Crippen molar-refractivity contribution in [3.8, 4) is 0 Å². The van der Waals surface area contributed by atoms with Crippen molar-refractivity contribution in [3.05, 3.63) is 17.3 Å². The second-order valence-electron chi connectivity index (χ2n) is 3.59. The van der Waals surface area contributed by atoms with Gasteiger partial charge in [0.1, 0.15) is 15.2 Å². The predicted molar refractivity (Wildman–Crippen MR) is 67.3 cm³/mol. The van der Waals surface area contributed by atoms with Crippen LogP contribution in [-0.2, 0) is 0 Å². The standard InChI is InChI=1S/C10H12N4O3S/c11-6-7-10(13-2-1-12-7)18-8(6)9(17)14-5(3-15)4-16/h1-2,5,15-16H,3-4,11H2,(H,14,17). The van der Waals surface area contributed by atoms with Gasteiger partial charge in [0.05, 0.1) is 24.9 Å². The fraction of sp³-hybridized carbons (Fsp3) is 0.300. The maximum absolute atomic E-state index is 11.9. The second-order valence-corrected chi connectivity index (χ2v) is 4.59. The van der Waals surface area contributed by atoms with Crippen LogP contribution < -0.4 is 11.1 Å². The van der Waals surface area contributed by atoms with Crippen molar-refractivity contribution >= 4 is 33.3 Å². The number of carbonyl (C=O) groups excluding carboxylic acids is 1. The molecule has 0 aromatic carbocycles. The minimum absolute atomic E-state index is 0.259. The molecule has 5 N–H and O–H groups in total. The monoisotopic (exact) mass is 268 g/mol. The molecule has 0 fully saturated rings. The van der Waals surface area contributed by atoms with Crippen molar-refractivity contribution in [2.45, 2.75) is 6.04 Å². The molecule has 96 valence electrons. The summed E-state index contributed by atoms with van der Waals surface area (Å²) < 4.78 is 0. The third-order valence-corrected chi connectivity index (χ3v) is 3.45. The highest BCUT2D eigenvalue weighted by Gasteiger charge is 2.20. The largest absolute Gasteiger partial charge is 0.396 e. The number of aliphatic hydroxyl groups excluding tert-OH is 2. The summed E-state index contributed by atoms with van der Waals surface area (Å²) in [5.41, 5.74) is 6.56. The van der Waals surface area contributed by atoms with Crippen LogP contribution in [0, 0.1) is 0 Å². The van der Waals surface area contributed by atoms with Crippen molar-refractivity contribution in [1.29, 1.82) is 0 Å². The molecule has 0 aliphatic heterocycles. The lowest BCUT2D eigenvalue weighted by Gasteiger charge is -2.12. The number of carbonyl (C=O) groups is 1. The highest BCUT2D eigenvalue weighted by Crippen LogP contribution is 2.30. The smallest absolute Gasteiger partial charge is 0.264 e. The average molecular weight is 268 g/mol. The van der Waals surface area contributed by atoms with E-state index < -0.39 is 11.9 Å². The van der Waals surface area contributed by atoms with Crippen LogP contribution in [0.4, 0.5) is 5.69 Å². The molecule has 0 aliphatic carbocycles. The zero-order valence-corrected chi connectivity index (χ0v) is 10.1. The summed E-state index contributed by atoms with van der Waals surface area (Å²) in [6.07, 6.45) is 3.02. The number of nitrogens with one attached hydrogen (secondary N) is 1. The summed E-state index contributed by atoms with van der Waals surface area (Å²) in [7, 11) is 0. The van der Waals surface area contributed by atoms with E-state index in [1.54, 1.807) is 0 Å². The van der Waals surface area contributed by atoms with Crippen molar-refractivity contribution in [1.82, 2.24) is 15.3 Å². The molecule has 2 heterocycles. The summed E-state index contributed by atoms with van der Waals surface area (Å²) in [6, 6.07) is -0.706. The number of anilines is 1. The zero-order valence-electron chi connectivity index (χ0n) is 9.33. The van der Waals surface area contributed by atoms with E-state index in [0.717, 1.165) is 11.3 Å². The number of aromatic nitrogens is 2. The predicted octanol–water partition coefficient (Wildman–Crippen LogP) is -0.644. The molecule has 0 aliphatic rings. The molecule has 8 heteroatoms. The highest BCUT2D eigenvalue weighted by molar-refractivity contribution is 7.21. The highest BCUT2D eigenvalue weighted by atomic mass is 32.1. The van der Waals surface area contributed by atoms with E-state index in [1.165, 1.54) is 12.4 Å². The normalized spacial score (nSPS) is 11.1. The van der Waals surface area contributed by atoms with Crippen molar-refractivity contribution in [2.24, 2.45) is 0 Å². The van der Waals surface area contributed by atoms with Gasteiger partial charge in [-0.05, 0) is 0 Å². The molecule has 0 bridgehead atoms. The number of thiophene rings is 1. The van der Waals surface area contributed by atoms with E-state index in [0.29, 0.717) is 10.3 Å². The lowest BCUT2D eigenvalue weighted by atomic mass is 10.3. The van der Waals surface area contributed by atoms with Gasteiger partial charge in [0.25, 0.3) is 5.91 Å². The summed E-state index contributed by atoms with van der Waals surface area (Å²) in [4.78, 5) is 20.9. The van der Waals surface area contributed by atoms with Gasteiger partial charge in [0, 0.05) is 12.4 Å². The van der Waals surface area contributed by atoms with Crippen LogP contribution in [0.3, 0.4) is 0 Å². The van der Waals surface area contributed by atoms with Gasteiger partial charge in [-0.1, -0.05) is 0 Å². The SMILES string of the molecule is Nc1c(C(=O)NC(CO)CO)sc2nccnc12. The van der Waals surface area contributed by atoms with Crippen molar-refractivity contribution in [3.63, 3.8) is 0 Å². The van der Waals surface area contributed by atoms with Gasteiger partial charge < -0.3 is 21.3 Å². The molecule has 0 atom stereocenters. The zero-order chi connectivity index (χ0) is 13.1. The molecule has 0 saturated carbocycles. The van der Waals surface area contributed by atoms with Gasteiger partial charge >= 0.3 is 0 Å². The van der Waals surface area contributed by atoms with Crippen LogP contribution in [0.15, 0.2) is 12.4 Å². The minimum Gasteiger partial charge on any atom is -0.396 e. The van der Waals surface area contributed by atoms with Gasteiger partial charge in [-0.25, -0.2) is 9.97 Å². The van der Waals surface area contributed by atoms with E-state index >= 15 is 0 Å². The molecular formula is C10H12N4O3S. The average Bonchev–Trinajstić information content (AvgIpc) is 2.74. The third-order valence-electron chi connectivity index (χ3n) is 2.35. The Labute approximate surface area is 106 Å². The summed E-state index contributed by atoms with van der Waals surface area (Å²) >= 11 is 1.12. The van der Waals surface area contributed by atoms with Crippen LogP contribution in [0.5, 0.6) is 0 Å². The number of hydrogen-bond donors (Lipinski definition) is 4. The minimum atomic E-state index is -0.706. The Bertz CT molecular complexity index is 567. The van der Waals surface area contributed by atoms with Gasteiger partial charge in [-0.2, -0.15) is 0 Å². The Hall–Kier alpha value is -1.77. The van der Waals surface area contributed by atoms with E-state index in [-0.39, 0.29) is 23.8 Å². The van der Waals surface area contributed by atoms with Crippen LogP contribution in [0.25, 0.3) is 10.3 Å². The first-order valence-electron chi connectivity index (χ1n) is 5.19. The van der Waals surface area contributed by atoms with Gasteiger partial charge in [0.2, 0.25) is 0 Å². The summed E-state index contributed by atoms with van der Waals surface area (Å²) in [5.74, 6) is -0.453. The Balaban J connectivity index is 2.30. The number of fused-ring (bicyclic) bond motifs is 1. The molecule has 2 aromatic rings. The van der Waals surface area contributed by atoms with Crippen molar-refractivity contribution < 1.29 is 15.0 Å². The first kappa shape index (κ1) is 12.7. The number of amides is 1. The molecule has 0 radical (unpaired) electrons. The lowest BCUT2D eigenvalue weighted by molar-refractivity contribution is 0.0884. The molecule has 0 spiro atoms. The molecule has 1 amide bonds. The van der Waals surface area contributed by atoms with Gasteiger partial charge in [-0.15, -0.1) is 11.3 Å². The Morgan fingerprint density at radius 3 is 2.67 bits per heavy atom. The number of aliphatic hydroxyl groups is 2. The maximum atomic E-state index is 11.9. The van der Waals surface area contributed by atoms with Gasteiger partial charge in [0.15, 0.2) is 0 Å². The van der Waals surface area contributed by atoms with Crippen LogP contribution >= 0.6 is 11.3 Å². The van der Waals surface area contributed by atoms with E-state index in [1.807, 2.05) is 0 Å². The maximum Gasteiger partial charge on any atom is 0.264 e. The molecule has 2 rings (SSSR count). The fourth-order valence-electron chi connectivity index (χ4n) is 1.41. The topological polar surface area (TPSA) is 121 Å². The first-order chi connectivity index (χ1) is 8.67. The van der Waals surface area contributed by atoms with Gasteiger partial charge in [-0.3, -0.25) is 4.79 Å². The quantitative estimate of drug-likeness (QED) is 0.585. The summed E-state index contributed by atoms with van der Waals surface area (Å²) in [6.45, 7) is -0.687. The molecule has 0 unspecified atom stereocenters. The number of rotatable bonds is 4. The lowest BCUT2D eigenvalue weighted by Crippen LogP contribution is -2.39. The van der Waals surface area contributed by atoms with E-state index in [9.17, 15) is 4.79 Å². The third kappa shape index (κ3) is 2.26.